The number of aromatic nitrogens is 2. The molecule has 8 aromatic rings. The van der Waals surface area contributed by atoms with Crippen molar-refractivity contribution in [2.24, 2.45) is 22.1 Å². The third-order valence-electron chi connectivity index (χ3n) is 15.1. The maximum atomic E-state index is 11.7. The molecule has 0 N–H and O–H groups in total. The molecule has 432 valence electrons. The second-order valence-corrected chi connectivity index (χ2v) is 22.2. The van der Waals surface area contributed by atoms with E-state index in [-0.39, 0.29) is 32.7 Å². The van der Waals surface area contributed by atoms with E-state index in [4.69, 9.17) is 19.1 Å². The highest BCUT2D eigenvalue weighted by atomic mass is 16.7. The fourth-order valence-electron chi connectivity index (χ4n) is 10.5. The zero-order valence-corrected chi connectivity index (χ0v) is 49.3. The molecule has 16 nitrogen and oxygen atoms in total. The highest BCUT2D eigenvalue weighted by molar-refractivity contribution is 6.18. The van der Waals surface area contributed by atoms with Crippen LogP contribution >= 0.6 is 0 Å². The minimum atomic E-state index is -0.535. The van der Waals surface area contributed by atoms with Crippen molar-refractivity contribution in [2.75, 3.05) is 13.7 Å². The van der Waals surface area contributed by atoms with Crippen LogP contribution in [0.1, 0.15) is 148 Å². The lowest BCUT2D eigenvalue weighted by Crippen LogP contribution is -2.17. The number of carbonyl (C=O) groups excluding carboxylic acids is 2. The Bertz CT molecular complexity index is 3610. The molecular weight excluding hydrogens is 1040 g/mol. The van der Waals surface area contributed by atoms with Gasteiger partial charge in [0.2, 0.25) is 0 Å². The first kappa shape index (κ1) is 61.4. The van der Waals surface area contributed by atoms with Crippen molar-refractivity contribution < 1.29 is 38.6 Å². The van der Waals surface area contributed by atoms with Crippen LogP contribution < -0.4 is 4.74 Å². The molecular formula is C66H78N6O10. The predicted molar refractivity (Wildman–Crippen MR) is 327 cm³/mol. The summed E-state index contributed by atoms with van der Waals surface area (Å²) in [6, 6.07) is 37.6. The Labute approximate surface area is 480 Å². The van der Waals surface area contributed by atoms with Crippen LogP contribution in [0.5, 0.6) is 5.75 Å². The van der Waals surface area contributed by atoms with Crippen LogP contribution in [-0.2, 0) is 42.5 Å². The zero-order chi connectivity index (χ0) is 59.3. The Kier molecular flexibility index (Phi) is 20.9. The topological polar surface area (TPSA) is 192 Å². The van der Waals surface area contributed by atoms with Crippen molar-refractivity contribution in [3.05, 3.63) is 169 Å². The van der Waals surface area contributed by atoms with Crippen molar-refractivity contribution in [1.82, 2.24) is 9.13 Å². The SMILES string of the molecule is CCCCC(CC)Cn1c2ccc(/C(=N/OC(C)=O)c3ccc(C(C)(C)C)cc3)cc2c2cc([N+](=O)[O-])ccc21.CCCCC(CC)Cn1c2ccc(/C(=N/OC(C)=O)c3ccc(OC(C)COC)cc3)cc2c2cc([N+](=O)[O-])ccc21. The van der Waals surface area contributed by atoms with Crippen molar-refractivity contribution in [2.45, 2.75) is 145 Å². The van der Waals surface area contributed by atoms with E-state index in [1.54, 1.807) is 31.4 Å². The normalized spacial score (nSPS) is 13.2. The Hall–Kier alpha value is -8.24. The number of nitro benzene ring substituents is 2. The number of hydrogen-bond acceptors (Lipinski definition) is 12. The Balaban J connectivity index is 0.000000236. The van der Waals surface area contributed by atoms with E-state index in [1.165, 1.54) is 25.8 Å². The fourth-order valence-corrected chi connectivity index (χ4v) is 10.5. The molecule has 16 heteroatoms. The number of unbranched alkanes of at least 4 members (excludes halogenated alkanes) is 2. The fraction of sp³-hybridized carbons (Fsp3) is 0.394. The molecule has 0 radical (unpaired) electrons. The first-order valence-electron chi connectivity index (χ1n) is 28.6. The molecule has 3 atom stereocenters. The molecule has 0 aliphatic carbocycles. The van der Waals surface area contributed by atoms with E-state index in [1.807, 2.05) is 85.8 Å². The van der Waals surface area contributed by atoms with E-state index < -0.39 is 11.9 Å². The highest BCUT2D eigenvalue weighted by Crippen LogP contribution is 2.37. The molecule has 3 unspecified atom stereocenters. The molecule has 0 spiro atoms. The average molecular weight is 1120 g/mol. The summed E-state index contributed by atoms with van der Waals surface area (Å²) in [5.41, 5.74) is 9.22. The summed E-state index contributed by atoms with van der Waals surface area (Å²) in [4.78, 5) is 56.3. The van der Waals surface area contributed by atoms with Crippen LogP contribution in [0, 0.1) is 32.1 Å². The van der Waals surface area contributed by atoms with Crippen LogP contribution in [0.25, 0.3) is 43.6 Å². The van der Waals surface area contributed by atoms with Crippen molar-refractivity contribution in [1.29, 1.82) is 0 Å². The molecule has 2 aromatic heterocycles. The van der Waals surface area contributed by atoms with Gasteiger partial charge >= 0.3 is 11.9 Å². The number of nitro groups is 2. The monoisotopic (exact) mass is 1110 g/mol. The van der Waals surface area contributed by atoms with Crippen molar-refractivity contribution in [3.63, 3.8) is 0 Å². The lowest BCUT2D eigenvalue weighted by Gasteiger charge is -2.19. The summed E-state index contributed by atoms with van der Waals surface area (Å²) in [6.45, 7) is 22.0. The number of hydrogen-bond donors (Lipinski definition) is 0. The van der Waals surface area contributed by atoms with Gasteiger partial charge in [-0.1, -0.05) is 134 Å². The molecule has 0 bridgehead atoms. The number of non-ortho nitro benzene ring substituents is 2. The molecule has 0 aliphatic heterocycles. The summed E-state index contributed by atoms with van der Waals surface area (Å²) in [6.07, 6.45) is 8.90. The lowest BCUT2D eigenvalue weighted by atomic mass is 9.86. The number of rotatable bonds is 24. The van der Waals surface area contributed by atoms with Crippen LogP contribution in [0.15, 0.2) is 132 Å². The molecule has 0 saturated heterocycles. The molecule has 8 rings (SSSR count). The van der Waals surface area contributed by atoms with Gasteiger partial charge in [0, 0.05) is 124 Å². The van der Waals surface area contributed by atoms with Crippen LogP contribution in [0.4, 0.5) is 11.4 Å². The maximum absolute atomic E-state index is 11.7. The first-order chi connectivity index (χ1) is 39.3. The van der Waals surface area contributed by atoms with E-state index in [2.05, 4.69) is 86.1 Å². The third-order valence-corrected chi connectivity index (χ3v) is 15.1. The number of ether oxygens (including phenoxy) is 2. The summed E-state index contributed by atoms with van der Waals surface area (Å²) in [7, 11) is 1.63. The van der Waals surface area contributed by atoms with Gasteiger partial charge in [-0.3, -0.25) is 20.2 Å². The molecule has 0 amide bonds. The number of benzene rings is 6. The van der Waals surface area contributed by atoms with Gasteiger partial charge in [-0.05, 0) is 103 Å². The Morgan fingerprint density at radius 1 is 0.561 bits per heavy atom. The summed E-state index contributed by atoms with van der Waals surface area (Å²) >= 11 is 0. The van der Waals surface area contributed by atoms with Gasteiger partial charge in [-0.2, -0.15) is 0 Å². The van der Waals surface area contributed by atoms with Gasteiger partial charge in [0.15, 0.2) is 0 Å². The minimum Gasteiger partial charge on any atom is -0.488 e. The molecule has 82 heavy (non-hydrogen) atoms. The lowest BCUT2D eigenvalue weighted by molar-refractivity contribution is -0.384. The van der Waals surface area contributed by atoms with Gasteiger partial charge in [0.05, 0.1) is 16.5 Å². The molecule has 0 aliphatic rings. The number of oxime groups is 2. The largest absolute Gasteiger partial charge is 0.488 e. The summed E-state index contributed by atoms with van der Waals surface area (Å²) in [5, 5.41) is 35.2. The number of carbonyl (C=O) groups is 2. The number of fused-ring (bicyclic) bond motifs is 6. The minimum absolute atomic E-state index is 0.00530. The maximum Gasteiger partial charge on any atom is 0.332 e. The third kappa shape index (κ3) is 15.0. The van der Waals surface area contributed by atoms with Gasteiger partial charge in [0.1, 0.15) is 23.3 Å². The van der Waals surface area contributed by atoms with E-state index in [0.717, 1.165) is 118 Å². The summed E-state index contributed by atoms with van der Waals surface area (Å²) in [5.74, 6) is 0.638. The predicted octanol–water partition coefficient (Wildman–Crippen LogP) is 16.2. The highest BCUT2D eigenvalue weighted by Gasteiger charge is 2.23. The molecule has 2 heterocycles. The van der Waals surface area contributed by atoms with Gasteiger partial charge < -0.3 is 28.3 Å². The molecule has 6 aromatic carbocycles. The van der Waals surface area contributed by atoms with E-state index in [0.29, 0.717) is 41.2 Å². The second-order valence-electron chi connectivity index (χ2n) is 22.2. The average Bonchev–Trinajstić information content (AvgIpc) is 4.00. The van der Waals surface area contributed by atoms with Gasteiger partial charge in [-0.25, -0.2) is 9.59 Å². The van der Waals surface area contributed by atoms with Crippen molar-refractivity contribution in [3.8, 4) is 5.75 Å². The van der Waals surface area contributed by atoms with Crippen molar-refractivity contribution >= 4 is 78.3 Å². The smallest absolute Gasteiger partial charge is 0.332 e. The Morgan fingerprint density at radius 3 is 1.29 bits per heavy atom. The number of nitrogens with zero attached hydrogens (tertiary/aromatic N) is 6. The van der Waals surface area contributed by atoms with E-state index in [9.17, 15) is 29.8 Å². The van der Waals surface area contributed by atoms with Crippen LogP contribution in [0.2, 0.25) is 0 Å². The Morgan fingerprint density at radius 2 is 0.939 bits per heavy atom. The van der Waals surface area contributed by atoms with Crippen LogP contribution in [0.3, 0.4) is 0 Å². The van der Waals surface area contributed by atoms with Crippen LogP contribution in [-0.4, -0.2) is 62.2 Å². The zero-order valence-electron chi connectivity index (χ0n) is 49.3. The molecule has 0 fully saturated rings. The second kappa shape index (κ2) is 28.0. The van der Waals surface area contributed by atoms with Gasteiger partial charge in [-0.15, -0.1) is 0 Å². The summed E-state index contributed by atoms with van der Waals surface area (Å²) < 4.78 is 15.6. The first-order valence-corrected chi connectivity index (χ1v) is 28.6. The standard InChI is InChI=1S/C33H39N3O6.C33H39N3O4/c1-6-8-9-24(7-2)20-35-31-16-12-26(18-29(31)30-19-27(36(38)39)13-17-32(30)35)33(34-42-23(4)37)25-10-14-28(15-11-25)41-22(3)21-40-5;1-7-9-10-23(8-2)21-35-30-17-13-25(19-28(30)29-20-27(36(38)39)16-18-31(29)35)32(34-40-22(3)37)24-11-14-26(15-12-24)33(4,5)6/h10-19,22,24H,6-9,20-21H2,1-5H3;11-20,23H,7-10,21H2,1-6H3/b34-33+;34-32+. The quantitative estimate of drug-likeness (QED) is 0.0243. The molecule has 0 saturated carbocycles. The van der Waals surface area contributed by atoms with E-state index >= 15 is 0 Å². The number of methoxy groups -OCH3 is 1. The van der Waals surface area contributed by atoms with Gasteiger partial charge in [0.25, 0.3) is 11.4 Å².